The summed E-state index contributed by atoms with van der Waals surface area (Å²) in [5.41, 5.74) is 3.48. The van der Waals surface area contributed by atoms with Gasteiger partial charge in [-0.1, -0.05) is 72.3 Å². The third-order valence-electron chi connectivity index (χ3n) is 6.00. The predicted octanol–water partition coefficient (Wildman–Crippen LogP) is 8.74. The zero-order chi connectivity index (χ0) is 27.2. The fourth-order valence-electron chi connectivity index (χ4n) is 3.74. The molecule has 0 unspecified atom stereocenters. The SMILES string of the molecule is C=C/C(=C\c1ccc(OCc2ccc(C)cc2)c(F)c1F)c1ccc(OCc2ccc(C)cc2)c(F)c1F. The van der Waals surface area contributed by atoms with Crippen molar-refractivity contribution in [3.63, 3.8) is 0 Å². The van der Waals surface area contributed by atoms with Crippen LogP contribution in [0.3, 0.4) is 0 Å². The molecule has 0 atom stereocenters. The molecular weight excluding hydrogens is 492 g/mol. The van der Waals surface area contributed by atoms with Crippen LogP contribution in [0.4, 0.5) is 17.6 Å². The molecule has 4 aromatic rings. The quantitative estimate of drug-likeness (QED) is 0.125. The molecule has 194 valence electrons. The van der Waals surface area contributed by atoms with Gasteiger partial charge in [-0.25, -0.2) is 8.78 Å². The lowest BCUT2D eigenvalue weighted by molar-refractivity contribution is 0.284. The molecule has 6 heteroatoms. The first kappa shape index (κ1) is 26.7. The summed E-state index contributed by atoms with van der Waals surface area (Å²) in [5.74, 6) is -5.24. The van der Waals surface area contributed by atoms with Crippen molar-refractivity contribution in [3.05, 3.63) is 142 Å². The highest BCUT2D eigenvalue weighted by Gasteiger charge is 2.18. The second-order valence-electron chi connectivity index (χ2n) is 8.87. The van der Waals surface area contributed by atoms with Gasteiger partial charge in [-0.3, -0.25) is 0 Å². The van der Waals surface area contributed by atoms with E-state index in [4.69, 9.17) is 9.47 Å². The molecule has 0 aliphatic heterocycles. The second kappa shape index (κ2) is 11.8. The zero-order valence-corrected chi connectivity index (χ0v) is 21.0. The van der Waals surface area contributed by atoms with Gasteiger partial charge >= 0.3 is 0 Å². The van der Waals surface area contributed by atoms with Gasteiger partial charge < -0.3 is 9.47 Å². The van der Waals surface area contributed by atoms with Crippen molar-refractivity contribution in [2.24, 2.45) is 0 Å². The molecule has 0 saturated heterocycles. The minimum atomic E-state index is -1.19. The third-order valence-corrected chi connectivity index (χ3v) is 6.00. The van der Waals surface area contributed by atoms with E-state index >= 15 is 0 Å². The van der Waals surface area contributed by atoms with Crippen molar-refractivity contribution in [3.8, 4) is 11.5 Å². The van der Waals surface area contributed by atoms with E-state index in [9.17, 15) is 17.6 Å². The molecule has 4 rings (SSSR count). The van der Waals surface area contributed by atoms with Gasteiger partial charge in [-0.2, -0.15) is 8.78 Å². The number of rotatable bonds is 9. The van der Waals surface area contributed by atoms with Crippen LogP contribution in [0.2, 0.25) is 0 Å². The van der Waals surface area contributed by atoms with Gasteiger partial charge in [0.15, 0.2) is 23.1 Å². The van der Waals surface area contributed by atoms with Crippen molar-refractivity contribution >= 4 is 11.6 Å². The minimum Gasteiger partial charge on any atom is -0.486 e. The molecule has 0 heterocycles. The maximum absolute atomic E-state index is 15.0. The van der Waals surface area contributed by atoms with E-state index in [2.05, 4.69) is 6.58 Å². The molecule has 0 fully saturated rings. The van der Waals surface area contributed by atoms with Crippen LogP contribution in [0.25, 0.3) is 11.6 Å². The van der Waals surface area contributed by atoms with Crippen LogP contribution < -0.4 is 9.47 Å². The fourth-order valence-corrected chi connectivity index (χ4v) is 3.74. The summed E-state index contributed by atoms with van der Waals surface area (Å²) in [6.45, 7) is 7.63. The maximum Gasteiger partial charge on any atom is 0.201 e. The summed E-state index contributed by atoms with van der Waals surface area (Å²) in [7, 11) is 0. The Labute approximate surface area is 219 Å². The molecule has 0 amide bonds. The summed E-state index contributed by atoms with van der Waals surface area (Å²) in [6, 6.07) is 20.1. The molecular formula is C32H26F4O2. The average molecular weight is 519 g/mol. The maximum atomic E-state index is 15.0. The highest BCUT2D eigenvalue weighted by Crippen LogP contribution is 2.31. The smallest absolute Gasteiger partial charge is 0.201 e. The molecule has 0 aliphatic carbocycles. The molecule has 0 aromatic heterocycles. The topological polar surface area (TPSA) is 18.5 Å². The molecule has 38 heavy (non-hydrogen) atoms. The number of aryl methyl sites for hydroxylation is 2. The lowest BCUT2D eigenvalue weighted by Crippen LogP contribution is -2.02. The summed E-state index contributed by atoms with van der Waals surface area (Å²) >= 11 is 0. The van der Waals surface area contributed by atoms with Gasteiger partial charge in [-0.05, 0) is 60.9 Å². The Hall–Kier alpha value is -4.32. The summed E-state index contributed by atoms with van der Waals surface area (Å²) < 4.78 is 70.3. The monoisotopic (exact) mass is 518 g/mol. The van der Waals surface area contributed by atoms with Crippen LogP contribution in [0, 0.1) is 37.1 Å². The molecule has 0 radical (unpaired) electrons. The van der Waals surface area contributed by atoms with Gasteiger partial charge in [0, 0.05) is 11.1 Å². The van der Waals surface area contributed by atoms with Crippen molar-refractivity contribution in [2.45, 2.75) is 27.1 Å². The molecule has 0 spiro atoms. The predicted molar refractivity (Wildman–Crippen MR) is 142 cm³/mol. The zero-order valence-electron chi connectivity index (χ0n) is 21.0. The van der Waals surface area contributed by atoms with Crippen LogP contribution in [-0.4, -0.2) is 0 Å². The first-order valence-electron chi connectivity index (χ1n) is 11.9. The van der Waals surface area contributed by atoms with Gasteiger partial charge in [-0.15, -0.1) is 0 Å². The Balaban J connectivity index is 1.53. The van der Waals surface area contributed by atoms with Crippen LogP contribution in [0.15, 0.2) is 85.5 Å². The van der Waals surface area contributed by atoms with E-state index < -0.39 is 23.3 Å². The molecule has 0 aliphatic rings. The molecule has 0 saturated carbocycles. The van der Waals surface area contributed by atoms with E-state index in [0.717, 1.165) is 22.3 Å². The largest absolute Gasteiger partial charge is 0.486 e. The Morgan fingerprint density at radius 1 is 0.632 bits per heavy atom. The van der Waals surface area contributed by atoms with Crippen LogP contribution in [0.5, 0.6) is 11.5 Å². The van der Waals surface area contributed by atoms with Crippen LogP contribution in [-0.2, 0) is 13.2 Å². The van der Waals surface area contributed by atoms with E-state index in [-0.39, 0.29) is 41.4 Å². The first-order chi connectivity index (χ1) is 18.3. The molecule has 0 bridgehead atoms. The van der Waals surface area contributed by atoms with Crippen molar-refractivity contribution < 1.29 is 27.0 Å². The highest BCUT2D eigenvalue weighted by atomic mass is 19.2. The first-order valence-corrected chi connectivity index (χ1v) is 11.9. The Kier molecular flexibility index (Phi) is 8.31. The Morgan fingerprint density at radius 3 is 1.61 bits per heavy atom. The number of benzene rings is 4. The lowest BCUT2D eigenvalue weighted by Gasteiger charge is -2.12. The number of hydrogen-bond acceptors (Lipinski definition) is 2. The average Bonchev–Trinajstić information content (AvgIpc) is 2.92. The molecule has 0 N–H and O–H groups in total. The third kappa shape index (κ3) is 6.14. The molecule has 4 aromatic carbocycles. The highest BCUT2D eigenvalue weighted by molar-refractivity contribution is 5.87. The van der Waals surface area contributed by atoms with Crippen molar-refractivity contribution in [1.29, 1.82) is 0 Å². The van der Waals surface area contributed by atoms with Gasteiger partial charge in [0.1, 0.15) is 13.2 Å². The Bertz CT molecular complexity index is 1470. The molecule has 2 nitrogen and oxygen atoms in total. The standard InChI is InChI=1S/C32H26F4O2/c1-4-24(26-14-16-28(32(36)30(26)34)38-19-23-11-7-21(3)8-12-23)17-25-13-15-27(31(35)29(25)33)37-18-22-9-5-20(2)6-10-22/h4-17H,1,18-19H2,2-3H3/b24-17+. The van der Waals surface area contributed by atoms with E-state index in [1.165, 1.54) is 36.4 Å². The number of ether oxygens (including phenoxy) is 2. The van der Waals surface area contributed by atoms with E-state index in [1.807, 2.05) is 62.4 Å². The number of allylic oxidation sites excluding steroid dienone is 2. The van der Waals surface area contributed by atoms with E-state index in [0.29, 0.717) is 0 Å². The lowest BCUT2D eigenvalue weighted by atomic mass is 10.0. The summed E-state index contributed by atoms with van der Waals surface area (Å²) in [4.78, 5) is 0. The Morgan fingerprint density at radius 2 is 1.11 bits per heavy atom. The number of halogens is 4. The van der Waals surface area contributed by atoms with E-state index in [1.54, 1.807) is 0 Å². The van der Waals surface area contributed by atoms with Gasteiger partial charge in [0.05, 0.1) is 0 Å². The number of hydrogen-bond donors (Lipinski definition) is 0. The fraction of sp³-hybridized carbons (Fsp3) is 0.125. The van der Waals surface area contributed by atoms with Gasteiger partial charge in [0.2, 0.25) is 11.6 Å². The van der Waals surface area contributed by atoms with Gasteiger partial charge in [0.25, 0.3) is 0 Å². The minimum absolute atomic E-state index is 0.0585. The van der Waals surface area contributed by atoms with Crippen molar-refractivity contribution in [2.75, 3.05) is 0 Å². The van der Waals surface area contributed by atoms with Crippen molar-refractivity contribution in [1.82, 2.24) is 0 Å². The normalized spacial score (nSPS) is 11.4. The van der Waals surface area contributed by atoms with Crippen LogP contribution in [0.1, 0.15) is 33.4 Å². The summed E-state index contributed by atoms with van der Waals surface area (Å²) in [6.07, 6.45) is 2.43. The second-order valence-corrected chi connectivity index (χ2v) is 8.87. The summed E-state index contributed by atoms with van der Waals surface area (Å²) in [5, 5.41) is 0. The van der Waals surface area contributed by atoms with Crippen LogP contribution >= 0.6 is 0 Å².